The molecule has 0 radical (unpaired) electrons. The predicted molar refractivity (Wildman–Crippen MR) is 153 cm³/mol. The lowest BCUT2D eigenvalue weighted by Crippen LogP contribution is -2.31. The monoisotopic (exact) mass is 544 g/mol. The molecule has 0 bridgehead atoms. The van der Waals surface area contributed by atoms with Crippen molar-refractivity contribution in [3.05, 3.63) is 0 Å². The summed E-state index contributed by atoms with van der Waals surface area (Å²) in [6.45, 7) is 20.5. The molecule has 0 aromatic carbocycles. The molecule has 0 atom stereocenters. The standard InChI is InChI=1S/C31H60O7/c1-25(2)36-29(5,6)20-16-12-14-18-27(33)38-31(9,10)22-24-35-23-21-30(7,8)37-26(32)17-13-11-15-19-28(3,4)34/h25,34H,11-24H2,1-10H3. The van der Waals surface area contributed by atoms with E-state index in [0.29, 0.717) is 38.9 Å². The summed E-state index contributed by atoms with van der Waals surface area (Å²) in [7, 11) is 0. The van der Waals surface area contributed by atoms with Gasteiger partial charge in [-0.05, 0) is 94.9 Å². The van der Waals surface area contributed by atoms with Crippen molar-refractivity contribution in [3.8, 4) is 0 Å². The summed E-state index contributed by atoms with van der Waals surface area (Å²) in [5, 5.41) is 9.74. The largest absolute Gasteiger partial charge is 0.460 e. The molecule has 7 heteroatoms. The first-order valence-electron chi connectivity index (χ1n) is 14.7. The fourth-order valence-electron chi connectivity index (χ4n) is 4.26. The molecule has 0 fully saturated rings. The molecule has 7 nitrogen and oxygen atoms in total. The molecular weight excluding hydrogens is 484 g/mol. The van der Waals surface area contributed by atoms with Gasteiger partial charge in [-0.3, -0.25) is 9.59 Å². The maximum atomic E-state index is 12.3. The second-order valence-electron chi connectivity index (χ2n) is 13.4. The van der Waals surface area contributed by atoms with Crippen LogP contribution in [0.4, 0.5) is 0 Å². The van der Waals surface area contributed by atoms with E-state index in [2.05, 4.69) is 27.7 Å². The number of hydrogen-bond donors (Lipinski definition) is 1. The lowest BCUT2D eigenvalue weighted by atomic mass is 9.99. The molecule has 0 aliphatic heterocycles. The first kappa shape index (κ1) is 36.8. The van der Waals surface area contributed by atoms with Crippen molar-refractivity contribution in [1.82, 2.24) is 0 Å². The van der Waals surface area contributed by atoms with Crippen LogP contribution in [0.5, 0.6) is 0 Å². The Morgan fingerprint density at radius 1 is 0.605 bits per heavy atom. The number of aliphatic hydroxyl groups is 1. The lowest BCUT2D eigenvalue weighted by Gasteiger charge is -2.28. The third kappa shape index (κ3) is 22.8. The molecule has 0 aliphatic carbocycles. The zero-order chi connectivity index (χ0) is 29.5. The van der Waals surface area contributed by atoms with Crippen molar-refractivity contribution in [2.75, 3.05) is 13.2 Å². The number of unbranched alkanes of at least 4 members (excludes halogenated alkanes) is 4. The Bertz CT molecular complexity index is 660. The highest BCUT2D eigenvalue weighted by Gasteiger charge is 2.25. The molecular formula is C31H60O7. The second kappa shape index (κ2) is 17.5. The summed E-state index contributed by atoms with van der Waals surface area (Å²) in [5.74, 6) is -0.361. The molecule has 0 heterocycles. The van der Waals surface area contributed by atoms with Gasteiger partial charge < -0.3 is 24.1 Å². The summed E-state index contributed by atoms with van der Waals surface area (Å²) >= 11 is 0. The number of esters is 2. The highest BCUT2D eigenvalue weighted by Crippen LogP contribution is 2.22. The summed E-state index contributed by atoms with van der Waals surface area (Å²) in [4.78, 5) is 24.5. The van der Waals surface area contributed by atoms with Crippen LogP contribution in [-0.2, 0) is 28.5 Å². The van der Waals surface area contributed by atoms with Crippen molar-refractivity contribution in [2.24, 2.45) is 0 Å². The van der Waals surface area contributed by atoms with Crippen LogP contribution in [0.25, 0.3) is 0 Å². The molecule has 38 heavy (non-hydrogen) atoms. The summed E-state index contributed by atoms with van der Waals surface area (Å²) < 4.78 is 23.0. The summed E-state index contributed by atoms with van der Waals surface area (Å²) in [5.41, 5.74) is -1.97. The Labute approximate surface area is 233 Å². The van der Waals surface area contributed by atoms with Gasteiger partial charge in [0, 0.05) is 25.7 Å². The van der Waals surface area contributed by atoms with Crippen LogP contribution in [0.1, 0.15) is 146 Å². The number of hydrogen-bond acceptors (Lipinski definition) is 7. The van der Waals surface area contributed by atoms with Crippen LogP contribution < -0.4 is 0 Å². The molecule has 0 rings (SSSR count). The van der Waals surface area contributed by atoms with E-state index in [1.54, 1.807) is 13.8 Å². The first-order valence-corrected chi connectivity index (χ1v) is 14.7. The second-order valence-corrected chi connectivity index (χ2v) is 13.4. The normalized spacial score (nSPS) is 13.2. The minimum atomic E-state index is -0.653. The van der Waals surface area contributed by atoms with Gasteiger partial charge in [-0.2, -0.15) is 0 Å². The number of rotatable bonds is 22. The molecule has 0 unspecified atom stereocenters. The minimum absolute atomic E-state index is 0.133. The average Bonchev–Trinajstić information content (AvgIpc) is 2.70. The van der Waals surface area contributed by atoms with E-state index >= 15 is 0 Å². The third-order valence-electron chi connectivity index (χ3n) is 6.36. The van der Waals surface area contributed by atoms with Crippen LogP contribution in [0.3, 0.4) is 0 Å². The molecule has 226 valence electrons. The van der Waals surface area contributed by atoms with Crippen molar-refractivity contribution in [2.45, 2.75) is 175 Å². The van der Waals surface area contributed by atoms with Gasteiger partial charge in [-0.15, -0.1) is 0 Å². The lowest BCUT2D eigenvalue weighted by molar-refractivity contribution is -0.158. The quantitative estimate of drug-likeness (QED) is 0.113. The van der Waals surface area contributed by atoms with Crippen molar-refractivity contribution in [1.29, 1.82) is 0 Å². The van der Waals surface area contributed by atoms with Crippen molar-refractivity contribution >= 4 is 11.9 Å². The Kier molecular flexibility index (Phi) is 17.0. The Hall–Kier alpha value is -1.18. The van der Waals surface area contributed by atoms with Crippen molar-refractivity contribution in [3.63, 3.8) is 0 Å². The van der Waals surface area contributed by atoms with Gasteiger partial charge >= 0.3 is 11.9 Å². The van der Waals surface area contributed by atoms with E-state index in [1.165, 1.54) is 0 Å². The first-order chi connectivity index (χ1) is 17.3. The Morgan fingerprint density at radius 3 is 1.42 bits per heavy atom. The van der Waals surface area contributed by atoms with Crippen LogP contribution in [0.2, 0.25) is 0 Å². The molecule has 0 spiro atoms. The predicted octanol–water partition coefficient (Wildman–Crippen LogP) is 7.30. The van der Waals surface area contributed by atoms with E-state index in [1.807, 2.05) is 27.7 Å². The van der Waals surface area contributed by atoms with Crippen LogP contribution in [0.15, 0.2) is 0 Å². The molecule has 0 aromatic rings. The maximum Gasteiger partial charge on any atom is 0.306 e. The number of carbonyl (C=O) groups excluding carboxylic acids is 2. The Balaban J connectivity index is 4.01. The average molecular weight is 545 g/mol. The van der Waals surface area contributed by atoms with E-state index in [9.17, 15) is 14.7 Å². The zero-order valence-corrected chi connectivity index (χ0v) is 26.4. The SMILES string of the molecule is CC(C)OC(C)(C)CCCCCC(=O)OC(C)(C)CCOCCC(C)(C)OC(=O)CCCCCC(C)(C)O. The van der Waals surface area contributed by atoms with Gasteiger partial charge in [0.1, 0.15) is 11.2 Å². The highest BCUT2D eigenvalue weighted by atomic mass is 16.6. The van der Waals surface area contributed by atoms with Crippen LogP contribution in [0, 0.1) is 0 Å². The smallest absolute Gasteiger partial charge is 0.306 e. The van der Waals surface area contributed by atoms with Gasteiger partial charge in [-0.25, -0.2) is 0 Å². The van der Waals surface area contributed by atoms with Gasteiger partial charge in [0.05, 0.1) is 30.5 Å². The maximum absolute atomic E-state index is 12.3. The van der Waals surface area contributed by atoms with Gasteiger partial charge in [0.2, 0.25) is 0 Å². The minimum Gasteiger partial charge on any atom is -0.460 e. The number of carbonyl (C=O) groups is 2. The molecule has 1 N–H and O–H groups in total. The molecule has 0 saturated carbocycles. The summed E-state index contributed by atoms with van der Waals surface area (Å²) in [6, 6.07) is 0. The van der Waals surface area contributed by atoms with E-state index < -0.39 is 16.8 Å². The van der Waals surface area contributed by atoms with E-state index in [-0.39, 0.29) is 23.6 Å². The zero-order valence-electron chi connectivity index (χ0n) is 26.4. The van der Waals surface area contributed by atoms with Crippen LogP contribution >= 0.6 is 0 Å². The molecule has 0 amide bonds. The van der Waals surface area contributed by atoms with Gasteiger partial charge in [0.25, 0.3) is 0 Å². The highest BCUT2D eigenvalue weighted by molar-refractivity contribution is 5.70. The van der Waals surface area contributed by atoms with E-state index in [0.717, 1.165) is 51.4 Å². The summed E-state index contributed by atoms with van der Waals surface area (Å²) in [6.07, 6.45) is 9.31. The van der Waals surface area contributed by atoms with E-state index in [4.69, 9.17) is 18.9 Å². The molecule has 0 saturated heterocycles. The third-order valence-corrected chi connectivity index (χ3v) is 6.36. The molecule has 0 aliphatic rings. The van der Waals surface area contributed by atoms with Gasteiger partial charge in [0.15, 0.2) is 0 Å². The fourth-order valence-corrected chi connectivity index (χ4v) is 4.26. The fraction of sp³-hybridized carbons (Fsp3) is 0.935. The van der Waals surface area contributed by atoms with Crippen molar-refractivity contribution < 1.29 is 33.6 Å². The Morgan fingerprint density at radius 2 is 1.03 bits per heavy atom. The van der Waals surface area contributed by atoms with Crippen LogP contribution in [-0.4, -0.2) is 58.8 Å². The topological polar surface area (TPSA) is 91.3 Å². The van der Waals surface area contributed by atoms with Gasteiger partial charge in [-0.1, -0.05) is 25.7 Å². The molecule has 0 aromatic heterocycles. The number of ether oxygens (including phenoxy) is 4.